The van der Waals surface area contributed by atoms with Gasteiger partial charge in [0.2, 0.25) is 0 Å². The van der Waals surface area contributed by atoms with E-state index in [0.29, 0.717) is 19.4 Å². The third-order valence-corrected chi connectivity index (χ3v) is 7.66. The molecule has 45 heavy (non-hydrogen) atoms. The normalized spacial score (nSPS) is 12.2. The van der Waals surface area contributed by atoms with Gasteiger partial charge in [-0.3, -0.25) is 0 Å². The molecule has 0 fully saturated rings. The summed E-state index contributed by atoms with van der Waals surface area (Å²) in [4.78, 5) is 24.6. The Balaban J connectivity index is 1.50. The number of amides is 1. The molecule has 4 aromatic carbocycles. The van der Waals surface area contributed by atoms with Crippen LogP contribution in [-0.4, -0.2) is 49.6 Å². The number of carboxylic acid groups (broad SMARTS) is 1. The SMILES string of the molecule is COc1ccc(C(OCCCC(C)(C)OC(=O)N[C@@H](Cc2ccccc2)C(=O)O)(c2ccccc2)c2ccc(OC)cc2)cc1. The maximum Gasteiger partial charge on any atom is 0.408 e. The lowest BCUT2D eigenvalue weighted by Gasteiger charge is -2.36. The van der Waals surface area contributed by atoms with Crippen molar-refractivity contribution in [3.05, 3.63) is 131 Å². The second kappa shape index (κ2) is 15.3. The summed E-state index contributed by atoms with van der Waals surface area (Å²) >= 11 is 0. The zero-order chi connectivity index (χ0) is 32.3. The van der Waals surface area contributed by atoms with Crippen molar-refractivity contribution in [3.63, 3.8) is 0 Å². The molecule has 0 unspecified atom stereocenters. The molecule has 0 aliphatic carbocycles. The fourth-order valence-electron chi connectivity index (χ4n) is 5.32. The highest BCUT2D eigenvalue weighted by Gasteiger charge is 2.38. The summed E-state index contributed by atoms with van der Waals surface area (Å²) in [6.07, 6.45) is 0.414. The third kappa shape index (κ3) is 8.64. The van der Waals surface area contributed by atoms with Gasteiger partial charge < -0.3 is 29.4 Å². The highest BCUT2D eigenvalue weighted by Crippen LogP contribution is 2.42. The number of alkyl carbamates (subject to hydrolysis) is 1. The minimum atomic E-state index is -1.13. The van der Waals surface area contributed by atoms with Crippen molar-refractivity contribution in [2.75, 3.05) is 20.8 Å². The molecule has 1 atom stereocenters. The maximum atomic E-state index is 12.8. The van der Waals surface area contributed by atoms with Crippen molar-refractivity contribution < 1.29 is 33.6 Å². The van der Waals surface area contributed by atoms with Gasteiger partial charge in [-0.15, -0.1) is 0 Å². The monoisotopic (exact) mass is 611 g/mol. The van der Waals surface area contributed by atoms with Gasteiger partial charge in [-0.05, 0) is 73.2 Å². The number of hydrogen-bond donors (Lipinski definition) is 2. The Hall–Kier alpha value is -4.82. The average molecular weight is 612 g/mol. The van der Waals surface area contributed by atoms with Gasteiger partial charge in [0.25, 0.3) is 0 Å². The summed E-state index contributed by atoms with van der Waals surface area (Å²) in [5.74, 6) is 0.347. The molecule has 0 aliphatic rings. The fourth-order valence-corrected chi connectivity index (χ4v) is 5.32. The molecule has 4 aromatic rings. The van der Waals surface area contributed by atoms with E-state index >= 15 is 0 Å². The first-order valence-electron chi connectivity index (χ1n) is 14.9. The van der Waals surface area contributed by atoms with E-state index in [2.05, 4.69) is 5.32 Å². The molecule has 0 bridgehead atoms. The van der Waals surface area contributed by atoms with Crippen LogP contribution < -0.4 is 14.8 Å². The molecule has 4 rings (SSSR count). The Kier molecular flexibility index (Phi) is 11.2. The molecule has 236 valence electrons. The zero-order valence-corrected chi connectivity index (χ0v) is 26.2. The summed E-state index contributed by atoms with van der Waals surface area (Å²) < 4.78 is 23.4. The molecule has 0 saturated carbocycles. The van der Waals surface area contributed by atoms with Crippen molar-refractivity contribution in [2.45, 2.75) is 50.4 Å². The number of nitrogens with one attached hydrogen (secondary N) is 1. The lowest BCUT2D eigenvalue weighted by molar-refractivity contribution is -0.139. The van der Waals surface area contributed by atoms with Gasteiger partial charge in [0.1, 0.15) is 28.7 Å². The van der Waals surface area contributed by atoms with E-state index in [-0.39, 0.29) is 6.42 Å². The van der Waals surface area contributed by atoms with Gasteiger partial charge in [0, 0.05) is 13.0 Å². The first-order valence-corrected chi connectivity index (χ1v) is 14.9. The van der Waals surface area contributed by atoms with E-state index < -0.39 is 29.3 Å². The van der Waals surface area contributed by atoms with Crippen LogP contribution in [0, 0.1) is 0 Å². The Labute approximate surface area is 264 Å². The molecular weight excluding hydrogens is 570 g/mol. The molecule has 0 aliphatic heterocycles. The number of benzene rings is 4. The summed E-state index contributed by atoms with van der Waals surface area (Å²) in [6.45, 7) is 3.95. The van der Waals surface area contributed by atoms with Crippen molar-refractivity contribution in [1.29, 1.82) is 0 Å². The summed E-state index contributed by atoms with van der Waals surface area (Å²) in [5.41, 5.74) is 1.78. The first kappa shape index (κ1) is 33.1. The van der Waals surface area contributed by atoms with Crippen molar-refractivity contribution >= 4 is 12.1 Å². The summed E-state index contributed by atoms with van der Waals surface area (Å²) in [7, 11) is 3.27. The number of carbonyl (C=O) groups excluding carboxylic acids is 1. The first-order chi connectivity index (χ1) is 21.7. The highest BCUT2D eigenvalue weighted by atomic mass is 16.6. The van der Waals surface area contributed by atoms with Gasteiger partial charge >= 0.3 is 12.1 Å². The van der Waals surface area contributed by atoms with Crippen LogP contribution in [0.4, 0.5) is 4.79 Å². The minimum absolute atomic E-state index is 0.151. The molecule has 0 aromatic heterocycles. The largest absolute Gasteiger partial charge is 0.497 e. The average Bonchev–Trinajstić information content (AvgIpc) is 3.05. The lowest BCUT2D eigenvalue weighted by Crippen LogP contribution is -2.45. The van der Waals surface area contributed by atoms with E-state index in [1.54, 1.807) is 28.1 Å². The van der Waals surface area contributed by atoms with Gasteiger partial charge in [-0.2, -0.15) is 0 Å². The van der Waals surface area contributed by atoms with E-state index in [4.69, 9.17) is 18.9 Å². The van der Waals surface area contributed by atoms with E-state index in [1.165, 1.54) is 0 Å². The van der Waals surface area contributed by atoms with Crippen LogP contribution in [0.1, 0.15) is 48.9 Å². The number of carboxylic acids is 1. The molecule has 1 amide bonds. The Morgan fingerprint density at radius 1 is 0.733 bits per heavy atom. The van der Waals surface area contributed by atoms with E-state index in [9.17, 15) is 14.7 Å². The van der Waals surface area contributed by atoms with Crippen LogP contribution in [-0.2, 0) is 26.3 Å². The molecule has 0 heterocycles. The predicted molar refractivity (Wildman–Crippen MR) is 173 cm³/mol. The minimum Gasteiger partial charge on any atom is -0.497 e. The van der Waals surface area contributed by atoms with E-state index in [1.807, 2.05) is 109 Å². The molecule has 0 radical (unpaired) electrons. The number of rotatable bonds is 15. The number of methoxy groups -OCH3 is 2. The van der Waals surface area contributed by atoms with Crippen LogP contribution in [0.3, 0.4) is 0 Å². The summed E-state index contributed by atoms with van der Waals surface area (Å²) in [6, 6.07) is 33.7. The summed E-state index contributed by atoms with van der Waals surface area (Å²) in [5, 5.41) is 12.2. The Morgan fingerprint density at radius 2 is 1.22 bits per heavy atom. The van der Waals surface area contributed by atoms with Crippen molar-refractivity contribution in [1.82, 2.24) is 5.32 Å². The van der Waals surface area contributed by atoms with Crippen molar-refractivity contribution in [3.8, 4) is 11.5 Å². The number of hydrogen-bond acceptors (Lipinski definition) is 6. The number of ether oxygens (including phenoxy) is 4. The lowest BCUT2D eigenvalue weighted by atomic mass is 9.80. The molecule has 8 nitrogen and oxygen atoms in total. The van der Waals surface area contributed by atoms with Crippen LogP contribution in [0.5, 0.6) is 11.5 Å². The van der Waals surface area contributed by atoms with Gasteiger partial charge in [-0.25, -0.2) is 9.59 Å². The zero-order valence-electron chi connectivity index (χ0n) is 26.2. The van der Waals surface area contributed by atoms with Gasteiger partial charge in [0.05, 0.1) is 14.2 Å². The van der Waals surface area contributed by atoms with Crippen LogP contribution in [0.15, 0.2) is 109 Å². The Bertz CT molecular complexity index is 1460. The standard InChI is InChI=1S/C37H41NO7/c1-36(2,45-35(41)38-33(34(39)40)26-27-12-7-5-8-13-27)24-11-25-44-37(28-14-9-6-10-15-28,29-16-20-31(42-3)21-17-29)30-18-22-32(43-4)23-19-30/h5-10,12-23,33H,11,24-26H2,1-4H3,(H,38,41)(H,39,40)/t33-/m0/s1. The van der Waals surface area contributed by atoms with E-state index in [0.717, 1.165) is 33.8 Å². The molecule has 0 saturated heterocycles. The second-order valence-electron chi connectivity index (χ2n) is 11.3. The topological polar surface area (TPSA) is 103 Å². The number of carbonyl (C=O) groups is 2. The highest BCUT2D eigenvalue weighted by molar-refractivity contribution is 5.80. The molecule has 0 spiro atoms. The molecule has 2 N–H and O–H groups in total. The Morgan fingerprint density at radius 3 is 1.71 bits per heavy atom. The predicted octanol–water partition coefficient (Wildman–Crippen LogP) is 6.99. The third-order valence-electron chi connectivity index (χ3n) is 7.66. The van der Waals surface area contributed by atoms with Crippen LogP contribution in [0.25, 0.3) is 0 Å². The fraction of sp³-hybridized carbons (Fsp3) is 0.297. The van der Waals surface area contributed by atoms with Crippen LogP contribution in [0.2, 0.25) is 0 Å². The molecular formula is C37H41NO7. The smallest absolute Gasteiger partial charge is 0.408 e. The van der Waals surface area contributed by atoms with Gasteiger partial charge in [-0.1, -0.05) is 84.9 Å². The number of aliphatic carboxylic acids is 1. The second-order valence-corrected chi connectivity index (χ2v) is 11.3. The van der Waals surface area contributed by atoms with Crippen LogP contribution >= 0.6 is 0 Å². The van der Waals surface area contributed by atoms with Crippen molar-refractivity contribution in [2.24, 2.45) is 0 Å². The van der Waals surface area contributed by atoms with Gasteiger partial charge in [0.15, 0.2) is 0 Å². The quantitative estimate of drug-likeness (QED) is 0.110. The maximum absolute atomic E-state index is 12.8. The molecule has 8 heteroatoms.